The molecule has 2 N–H and O–H groups in total. The normalized spacial score (nSPS) is 13.0. The minimum Gasteiger partial charge on any atom is -0.396 e. The number of nitrogens with one attached hydrogen (secondary N) is 1. The first-order valence-corrected chi connectivity index (χ1v) is 7.49. The zero-order chi connectivity index (χ0) is 12.8. The second kappa shape index (κ2) is 6.88. The highest BCUT2D eigenvalue weighted by molar-refractivity contribution is 7.17. The molecule has 0 fully saturated rings. The van der Waals surface area contributed by atoms with Gasteiger partial charge >= 0.3 is 0 Å². The highest BCUT2D eigenvalue weighted by atomic mass is 32.1. The summed E-state index contributed by atoms with van der Waals surface area (Å²) < 4.78 is 1.37. The fourth-order valence-corrected chi connectivity index (χ4v) is 3.09. The number of rotatable bonds is 7. The van der Waals surface area contributed by atoms with Crippen LogP contribution in [0.15, 0.2) is 29.6 Å². The fourth-order valence-electron chi connectivity index (χ4n) is 2.09. The molecule has 0 saturated carbocycles. The number of hydrogen-bond donors (Lipinski definition) is 2. The van der Waals surface area contributed by atoms with Crippen molar-refractivity contribution in [3.05, 3.63) is 35.2 Å². The van der Waals surface area contributed by atoms with Gasteiger partial charge in [0.25, 0.3) is 0 Å². The van der Waals surface area contributed by atoms with Crippen molar-refractivity contribution in [3.63, 3.8) is 0 Å². The van der Waals surface area contributed by atoms with Gasteiger partial charge in [-0.25, -0.2) is 0 Å². The van der Waals surface area contributed by atoms with E-state index in [0.717, 1.165) is 25.9 Å². The average molecular weight is 263 g/mol. The zero-order valence-corrected chi connectivity index (χ0v) is 11.7. The van der Waals surface area contributed by atoms with Gasteiger partial charge in [-0.05, 0) is 47.7 Å². The number of hydrogen-bond acceptors (Lipinski definition) is 3. The quantitative estimate of drug-likeness (QED) is 0.753. The van der Waals surface area contributed by atoms with Crippen molar-refractivity contribution in [1.82, 2.24) is 5.32 Å². The Hall–Kier alpha value is -0.900. The standard InChI is InChI=1S/C15H21NOS/c1-2-12(10-17)9-16-8-7-13-11-18-15-6-4-3-5-14(13)15/h3-6,11-12,16-17H,2,7-10H2,1H3. The van der Waals surface area contributed by atoms with Crippen LogP contribution in [0.2, 0.25) is 0 Å². The van der Waals surface area contributed by atoms with Crippen LogP contribution in [-0.2, 0) is 6.42 Å². The molecule has 98 valence electrons. The maximum absolute atomic E-state index is 9.11. The number of aliphatic hydroxyl groups is 1. The van der Waals surface area contributed by atoms with Crippen LogP contribution < -0.4 is 5.32 Å². The second-order valence-corrected chi connectivity index (χ2v) is 5.58. The second-order valence-electron chi connectivity index (χ2n) is 4.67. The summed E-state index contributed by atoms with van der Waals surface area (Å²) in [5, 5.41) is 16.2. The van der Waals surface area contributed by atoms with Crippen molar-refractivity contribution < 1.29 is 5.11 Å². The third-order valence-electron chi connectivity index (χ3n) is 3.40. The maximum atomic E-state index is 9.11. The molecule has 0 aliphatic carbocycles. The first-order chi connectivity index (χ1) is 8.85. The lowest BCUT2D eigenvalue weighted by atomic mass is 10.1. The largest absolute Gasteiger partial charge is 0.396 e. The number of benzene rings is 1. The number of fused-ring (bicyclic) bond motifs is 1. The maximum Gasteiger partial charge on any atom is 0.0471 e. The molecule has 0 saturated heterocycles. The molecule has 0 spiro atoms. The first-order valence-electron chi connectivity index (χ1n) is 6.61. The summed E-state index contributed by atoms with van der Waals surface area (Å²) in [5.41, 5.74) is 1.43. The van der Waals surface area contributed by atoms with Crippen LogP contribution in [0.4, 0.5) is 0 Å². The van der Waals surface area contributed by atoms with Crippen LogP contribution in [0, 0.1) is 5.92 Å². The van der Waals surface area contributed by atoms with Crippen molar-refractivity contribution in [2.24, 2.45) is 5.92 Å². The Labute approximate surface area is 113 Å². The van der Waals surface area contributed by atoms with Gasteiger partial charge in [0.1, 0.15) is 0 Å². The van der Waals surface area contributed by atoms with Crippen molar-refractivity contribution in [2.75, 3.05) is 19.7 Å². The molecule has 3 heteroatoms. The monoisotopic (exact) mass is 263 g/mol. The molecule has 18 heavy (non-hydrogen) atoms. The highest BCUT2D eigenvalue weighted by Gasteiger charge is 2.05. The lowest BCUT2D eigenvalue weighted by Crippen LogP contribution is -2.26. The van der Waals surface area contributed by atoms with E-state index in [2.05, 4.69) is 41.9 Å². The molecule has 0 aliphatic rings. The van der Waals surface area contributed by atoms with E-state index < -0.39 is 0 Å². The van der Waals surface area contributed by atoms with Gasteiger partial charge in [-0.15, -0.1) is 11.3 Å². The highest BCUT2D eigenvalue weighted by Crippen LogP contribution is 2.25. The van der Waals surface area contributed by atoms with Crippen LogP contribution in [0.1, 0.15) is 18.9 Å². The van der Waals surface area contributed by atoms with E-state index in [1.54, 1.807) is 0 Å². The molecule has 2 aromatic rings. The van der Waals surface area contributed by atoms with E-state index in [-0.39, 0.29) is 6.61 Å². The summed E-state index contributed by atoms with van der Waals surface area (Å²) in [6.45, 7) is 4.30. The fraction of sp³-hybridized carbons (Fsp3) is 0.467. The summed E-state index contributed by atoms with van der Waals surface area (Å²) in [6.07, 6.45) is 2.09. The van der Waals surface area contributed by atoms with Crippen LogP contribution in [0.25, 0.3) is 10.1 Å². The van der Waals surface area contributed by atoms with E-state index in [4.69, 9.17) is 5.11 Å². The van der Waals surface area contributed by atoms with Gasteiger partial charge in [0.15, 0.2) is 0 Å². The molecular weight excluding hydrogens is 242 g/mol. The predicted octanol–water partition coefficient (Wildman–Crippen LogP) is 3.05. The molecule has 1 aromatic carbocycles. The SMILES string of the molecule is CCC(CO)CNCCc1csc2ccccc12. The van der Waals surface area contributed by atoms with Gasteiger partial charge in [-0.3, -0.25) is 0 Å². The third kappa shape index (κ3) is 3.31. The van der Waals surface area contributed by atoms with Gasteiger partial charge in [0.2, 0.25) is 0 Å². The molecule has 2 nitrogen and oxygen atoms in total. The molecule has 1 atom stereocenters. The summed E-state index contributed by atoms with van der Waals surface area (Å²) in [4.78, 5) is 0. The lowest BCUT2D eigenvalue weighted by molar-refractivity contribution is 0.219. The minimum atomic E-state index is 0.283. The predicted molar refractivity (Wildman–Crippen MR) is 79.3 cm³/mol. The van der Waals surface area contributed by atoms with E-state index in [1.165, 1.54) is 15.6 Å². The Balaban J connectivity index is 1.83. The molecule has 1 aromatic heterocycles. The molecule has 0 radical (unpaired) electrons. The topological polar surface area (TPSA) is 32.3 Å². The zero-order valence-electron chi connectivity index (χ0n) is 10.9. The van der Waals surface area contributed by atoms with Gasteiger partial charge in [0.05, 0.1) is 0 Å². The number of thiophene rings is 1. The van der Waals surface area contributed by atoms with Crippen LogP contribution in [0.5, 0.6) is 0 Å². The Morgan fingerprint density at radius 1 is 1.33 bits per heavy atom. The van der Waals surface area contributed by atoms with Crippen molar-refractivity contribution >= 4 is 21.4 Å². The van der Waals surface area contributed by atoms with Crippen LogP contribution in [-0.4, -0.2) is 24.8 Å². The molecule has 2 rings (SSSR count). The average Bonchev–Trinajstić information content (AvgIpc) is 2.82. The van der Waals surface area contributed by atoms with Gasteiger partial charge in [0, 0.05) is 17.9 Å². The van der Waals surface area contributed by atoms with Gasteiger partial charge in [-0.1, -0.05) is 25.1 Å². The summed E-state index contributed by atoms with van der Waals surface area (Å²) in [7, 11) is 0. The van der Waals surface area contributed by atoms with Crippen molar-refractivity contribution in [3.8, 4) is 0 Å². The van der Waals surface area contributed by atoms with Gasteiger partial charge in [-0.2, -0.15) is 0 Å². The smallest absolute Gasteiger partial charge is 0.0471 e. The third-order valence-corrected chi connectivity index (χ3v) is 4.41. The van der Waals surface area contributed by atoms with Crippen molar-refractivity contribution in [1.29, 1.82) is 0 Å². The Morgan fingerprint density at radius 3 is 2.94 bits per heavy atom. The van der Waals surface area contributed by atoms with Crippen LogP contribution in [0.3, 0.4) is 0 Å². The van der Waals surface area contributed by atoms with E-state index >= 15 is 0 Å². The molecule has 0 amide bonds. The first kappa shape index (κ1) is 13.5. The van der Waals surface area contributed by atoms with Gasteiger partial charge < -0.3 is 10.4 Å². The summed E-state index contributed by atoms with van der Waals surface area (Å²) in [6, 6.07) is 8.57. The Kier molecular flexibility index (Phi) is 5.17. The Bertz CT molecular complexity index is 476. The summed E-state index contributed by atoms with van der Waals surface area (Å²) >= 11 is 1.82. The molecule has 0 aliphatic heterocycles. The number of aliphatic hydroxyl groups excluding tert-OH is 1. The van der Waals surface area contributed by atoms with E-state index in [1.807, 2.05) is 11.3 Å². The molecule has 0 bridgehead atoms. The van der Waals surface area contributed by atoms with E-state index in [0.29, 0.717) is 5.92 Å². The molecule has 1 unspecified atom stereocenters. The minimum absolute atomic E-state index is 0.283. The lowest BCUT2D eigenvalue weighted by Gasteiger charge is -2.12. The van der Waals surface area contributed by atoms with Crippen molar-refractivity contribution in [2.45, 2.75) is 19.8 Å². The van der Waals surface area contributed by atoms with Crippen LogP contribution >= 0.6 is 11.3 Å². The van der Waals surface area contributed by atoms with E-state index in [9.17, 15) is 0 Å². The Morgan fingerprint density at radius 2 is 2.17 bits per heavy atom. The molecule has 1 heterocycles. The summed E-state index contributed by atoms with van der Waals surface area (Å²) in [5.74, 6) is 0.393. The molecular formula is C15H21NOS.